The Hall–Kier alpha value is -0.990. The van der Waals surface area contributed by atoms with Crippen molar-refractivity contribution in [3.05, 3.63) is 57.6 Å². The molecular weight excluding hydrogens is 312 g/mol. The van der Waals surface area contributed by atoms with E-state index in [1.807, 2.05) is 30.3 Å². The second kappa shape index (κ2) is 5.77. The number of benzene rings is 2. The average Bonchev–Trinajstić information content (AvgIpc) is 2.34. The Morgan fingerprint density at radius 2 is 1.67 bits per heavy atom. The quantitative estimate of drug-likeness (QED) is 0.668. The molecule has 0 N–H and O–H groups in total. The standard InChI is InChI=1S/C15H14BrClO/c1-10-3-5-13(7-11(10)2)18-14-6-4-12(9-17)15(16)8-14/h3-8H,9H2,1-2H3. The van der Waals surface area contributed by atoms with Crippen molar-refractivity contribution in [1.29, 1.82) is 0 Å². The second-order valence-corrected chi connectivity index (χ2v) is 5.36. The molecule has 3 heteroatoms. The molecule has 0 atom stereocenters. The van der Waals surface area contributed by atoms with Crippen LogP contribution in [0.5, 0.6) is 11.5 Å². The molecule has 0 radical (unpaired) electrons. The van der Waals surface area contributed by atoms with Crippen LogP contribution in [0.15, 0.2) is 40.9 Å². The van der Waals surface area contributed by atoms with Gasteiger partial charge in [-0.15, -0.1) is 11.6 Å². The molecule has 1 nitrogen and oxygen atoms in total. The summed E-state index contributed by atoms with van der Waals surface area (Å²) >= 11 is 9.29. The minimum Gasteiger partial charge on any atom is -0.457 e. The van der Waals surface area contributed by atoms with E-state index < -0.39 is 0 Å². The first-order valence-corrected chi connectivity index (χ1v) is 7.02. The second-order valence-electron chi connectivity index (χ2n) is 4.23. The van der Waals surface area contributed by atoms with Crippen molar-refractivity contribution in [2.45, 2.75) is 19.7 Å². The Bertz CT molecular complexity index is 566. The van der Waals surface area contributed by atoms with Crippen molar-refractivity contribution >= 4 is 27.5 Å². The molecule has 0 spiro atoms. The maximum Gasteiger partial charge on any atom is 0.128 e. The van der Waals surface area contributed by atoms with Crippen LogP contribution in [-0.2, 0) is 5.88 Å². The van der Waals surface area contributed by atoms with Crippen LogP contribution in [0.3, 0.4) is 0 Å². The maximum atomic E-state index is 5.82. The number of hydrogen-bond acceptors (Lipinski definition) is 1. The molecule has 2 aromatic rings. The lowest BCUT2D eigenvalue weighted by atomic mass is 10.1. The monoisotopic (exact) mass is 324 g/mol. The Kier molecular flexibility index (Phi) is 4.31. The SMILES string of the molecule is Cc1ccc(Oc2ccc(CCl)c(Br)c2)cc1C. The third kappa shape index (κ3) is 3.06. The van der Waals surface area contributed by atoms with Crippen molar-refractivity contribution < 1.29 is 4.74 Å². The van der Waals surface area contributed by atoms with E-state index in [4.69, 9.17) is 16.3 Å². The summed E-state index contributed by atoms with van der Waals surface area (Å²) in [7, 11) is 0. The predicted molar refractivity (Wildman–Crippen MR) is 79.7 cm³/mol. The van der Waals surface area contributed by atoms with Gasteiger partial charge >= 0.3 is 0 Å². The van der Waals surface area contributed by atoms with E-state index in [1.54, 1.807) is 0 Å². The molecule has 0 amide bonds. The lowest BCUT2D eigenvalue weighted by Gasteiger charge is -2.09. The van der Waals surface area contributed by atoms with Crippen molar-refractivity contribution in [2.24, 2.45) is 0 Å². The molecule has 2 rings (SSSR count). The smallest absolute Gasteiger partial charge is 0.128 e. The van der Waals surface area contributed by atoms with Crippen molar-refractivity contribution in [2.75, 3.05) is 0 Å². The van der Waals surface area contributed by atoms with E-state index >= 15 is 0 Å². The molecule has 0 aliphatic rings. The molecule has 0 saturated carbocycles. The largest absolute Gasteiger partial charge is 0.457 e. The van der Waals surface area contributed by atoms with Crippen LogP contribution in [0.2, 0.25) is 0 Å². The summed E-state index contributed by atoms with van der Waals surface area (Å²) in [4.78, 5) is 0. The molecule has 0 aromatic heterocycles. The molecule has 0 bridgehead atoms. The van der Waals surface area contributed by atoms with Gasteiger partial charge in [0, 0.05) is 10.4 Å². The molecule has 18 heavy (non-hydrogen) atoms. The highest BCUT2D eigenvalue weighted by molar-refractivity contribution is 9.10. The normalized spacial score (nSPS) is 10.4. The summed E-state index contributed by atoms with van der Waals surface area (Å²) in [5.41, 5.74) is 3.55. The number of hydrogen-bond donors (Lipinski definition) is 0. The van der Waals surface area contributed by atoms with Gasteiger partial charge in [0.25, 0.3) is 0 Å². The zero-order valence-electron chi connectivity index (χ0n) is 10.3. The van der Waals surface area contributed by atoms with E-state index in [9.17, 15) is 0 Å². The summed E-state index contributed by atoms with van der Waals surface area (Å²) in [6.07, 6.45) is 0. The lowest BCUT2D eigenvalue weighted by molar-refractivity contribution is 0.481. The van der Waals surface area contributed by atoms with Crippen molar-refractivity contribution in [3.63, 3.8) is 0 Å². The summed E-state index contributed by atoms with van der Waals surface area (Å²) < 4.78 is 6.79. The molecule has 0 aliphatic heterocycles. The number of alkyl halides is 1. The number of halogens is 2. The van der Waals surface area contributed by atoms with Gasteiger partial charge in [-0.25, -0.2) is 0 Å². The number of rotatable bonds is 3. The van der Waals surface area contributed by atoms with Crippen molar-refractivity contribution in [1.82, 2.24) is 0 Å². The van der Waals surface area contributed by atoms with Gasteiger partial charge in [0.15, 0.2) is 0 Å². The van der Waals surface area contributed by atoms with Crippen LogP contribution in [-0.4, -0.2) is 0 Å². The summed E-state index contributed by atoms with van der Waals surface area (Å²) in [5, 5.41) is 0. The zero-order chi connectivity index (χ0) is 13.1. The van der Waals surface area contributed by atoms with Crippen LogP contribution >= 0.6 is 27.5 Å². The van der Waals surface area contributed by atoms with E-state index in [0.29, 0.717) is 5.88 Å². The van der Waals surface area contributed by atoms with E-state index in [2.05, 4.69) is 35.8 Å². The average molecular weight is 326 g/mol. The fourth-order valence-electron chi connectivity index (χ4n) is 1.61. The van der Waals surface area contributed by atoms with E-state index in [0.717, 1.165) is 21.5 Å². The van der Waals surface area contributed by atoms with Gasteiger partial charge in [-0.3, -0.25) is 0 Å². The van der Waals surface area contributed by atoms with Crippen LogP contribution in [0.1, 0.15) is 16.7 Å². The topological polar surface area (TPSA) is 9.23 Å². The fourth-order valence-corrected chi connectivity index (χ4v) is 2.51. The third-order valence-corrected chi connectivity index (χ3v) is 3.91. The van der Waals surface area contributed by atoms with Crippen LogP contribution in [0.25, 0.3) is 0 Å². The Morgan fingerprint density at radius 3 is 2.28 bits per heavy atom. The molecule has 0 unspecified atom stereocenters. The molecule has 94 valence electrons. The molecular formula is C15H14BrClO. The van der Waals surface area contributed by atoms with Gasteiger partial charge in [-0.1, -0.05) is 28.1 Å². The van der Waals surface area contributed by atoms with Crippen LogP contribution in [0.4, 0.5) is 0 Å². The minimum absolute atomic E-state index is 0.491. The highest BCUT2D eigenvalue weighted by Crippen LogP contribution is 2.28. The van der Waals surface area contributed by atoms with E-state index in [1.165, 1.54) is 11.1 Å². The van der Waals surface area contributed by atoms with Gasteiger partial charge in [0.2, 0.25) is 0 Å². The van der Waals surface area contributed by atoms with Gasteiger partial charge in [0.1, 0.15) is 11.5 Å². The van der Waals surface area contributed by atoms with Crippen LogP contribution in [0, 0.1) is 13.8 Å². The van der Waals surface area contributed by atoms with Crippen LogP contribution < -0.4 is 4.74 Å². The molecule has 0 aliphatic carbocycles. The zero-order valence-corrected chi connectivity index (χ0v) is 12.7. The van der Waals surface area contributed by atoms with E-state index in [-0.39, 0.29) is 0 Å². The predicted octanol–water partition coefficient (Wildman–Crippen LogP) is 5.60. The molecule has 0 heterocycles. The number of ether oxygens (including phenoxy) is 1. The molecule has 2 aromatic carbocycles. The first kappa shape index (κ1) is 13.4. The minimum atomic E-state index is 0.491. The third-order valence-electron chi connectivity index (χ3n) is 2.88. The Labute approximate surface area is 121 Å². The van der Waals surface area contributed by atoms with Gasteiger partial charge in [-0.2, -0.15) is 0 Å². The van der Waals surface area contributed by atoms with Gasteiger partial charge in [-0.05, 0) is 54.8 Å². The first-order valence-electron chi connectivity index (χ1n) is 5.69. The number of aryl methyl sites for hydroxylation is 2. The summed E-state index contributed by atoms with van der Waals surface area (Å²) in [5.74, 6) is 2.15. The highest BCUT2D eigenvalue weighted by Gasteiger charge is 2.03. The van der Waals surface area contributed by atoms with Crippen molar-refractivity contribution in [3.8, 4) is 11.5 Å². The highest BCUT2D eigenvalue weighted by atomic mass is 79.9. The van der Waals surface area contributed by atoms with Gasteiger partial charge < -0.3 is 4.74 Å². The Morgan fingerprint density at radius 1 is 1.00 bits per heavy atom. The summed E-state index contributed by atoms with van der Waals surface area (Å²) in [6.45, 7) is 4.17. The van der Waals surface area contributed by atoms with Gasteiger partial charge in [0.05, 0.1) is 0 Å². The Balaban J connectivity index is 2.23. The maximum absolute atomic E-state index is 5.82. The fraction of sp³-hybridized carbons (Fsp3) is 0.200. The summed E-state index contributed by atoms with van der Waals surface area (Å²) in [6, 6.07) is 11.9. The first-order chi connectivity index (χ1) is 8.60. The molecule has 0 fully saturated rings. The lowest BCUT2D eigenvalue weighted by Crippen LogP contribution is -1.88. The molecule has 0 saturated heterocycles.